The molecule has 0 radical (unpaired) electrons. The Labute approximate surface area is 84.5 Å². The molecule has 14 heavy (non-hydrogen) atoms. The minimum Gasteiger partial charge on any atom is -0.481 e. The Morgan fingerprint density at radius 3 is 2.93 bits per heavy atom. The van der Waals surface area contributed by atoms with Crippen molar-refractivity contribution in [3.63, 3.8) is 0 Å². The van der Waals surface area contributed by atoms with Gasteiger partial charge in [-0.1, -0.05) is 0 Å². The van der Waals surface area contributed by atoms with Crippen molar-refractivity contribution in [2.45, 2.75) is 38.1 Å². The van der Waals surface area contributed by atoms with E-state index in [-0.39, 0.29) is 13.0 Å². The number of nitrogens with zero attached hydrogens (tertiary/aromatic N) is 1. The number of aliphatic hydroxyl groups excluding tert-OH is 1. The lowest BCUT2D eigenvalue weighted by atomic mass is 10.1. The fraction of sp³-hybridized carbons (Fsp3) is 0.900. The first-order chi connectivity index (χ1) is 6.74. The highest BCUT2D eigenvalue weighted by atomic mass is 16.4. The highest BCUT2D eigenvalue weighted by molar-refractivity contribution is 5.66. The molecule has 1 aliphatic rings. The van der Waals surface area contributed by atoms with Gasteiger partial charge in [0, 0.05) is 19.2 Å². The van der Waals surface area contributed by atoms with Crippen molar-refractivity contribution in [1.82, 2.24) is 4.90 Å². The number of carboxylic acid groups (broad SMARTS) is 1. The highest BCUT2D eigenvalue weighted by Crippen LogP contribution is 2.21. The molecule has 0 aliphatic carbocycles. The van der Waals surface area contributed by atoms with Crippen molar-refractivity contribution in [2.24, 2.45) is 0 Å². The van der Waals surface area contributed by atoms with Crippen LogP contribution in [0.1, 0.15) is 32.1 Å². The Balaban J connectivity index is 2.24. The van der Waals surface area contributed by atoms with E-state index in [9.17, 15) is 4.79 Å². The maximum Gasteiger partial charge on any atom is 0.304 e. The molecule has 0 amide bonds. The van der Waals surface area contributed by atoms with Crippen LogP contribution in [0, 0.1) is 0 Å². The van der Waals surface area contributed by atoms with Crippen LogP contribution in [-0.2, 0) is 4.79 Å². The van der Waals surface area contributed by atoms with Gasteiger partial charge < -0.3 is 10.2 Å². The molecule has 0 bridgehead atoms. The van der Waals surface area contributed by atoms with Gasteiger partial charge in [0.25, 0.3) is 0 Å². The van der Waals surface area contributed by atoms with Crippen LogP contribution in [0.15, 0.2) is 0 Å². The quantitative estimate of drug-likeness (QED) is 0.664. The van der Waals surface area contributed by atoms with E-state index in [2.05, 4.69) is 4.90 Å². The molecule has 4 nitrogen and oxygen atoms in total. The average Bonchev–Trinajstić information content (AvgIpc) is 2.58. The lowest BCUT2D eigenvalue weighted by molar-refractivity contribution is -0.137. The van der Waals surface area contributed by atoms with Crippen LogP contribution < -0.4 is 0 Å². The third kappa shape index (κ3) is 3.64. The van der Waals surface area contributed by atoms with Gasteiger partial charge in [-0.25, -0.2) is 0 Å². The summed E-state index contributed by atoms with van der Waals surface area (Å²) in [6, 6.07) is 0.501. The van der Waals surface area contributed by atoms with Crippen molar-refractivity contribution >= 4 is 5.97 Å². The lowest BCUT2D eigenvalue weighted by Crippen LogP contribution is -2.31. The topological polar surface area (TPSA) is 60.8 Å². The van der Waals surface area contributed by atoms with Crippen molar-refractivity contribution in [2.75, 3.05) is 19.7 Å². The van der Waals surface area contributed by atoms with Crippen molar-refractivity contribution in [3.05, 3.63) is 0 Å². The van der Waals surface area contributed by atoms with E-state index >= 15 is 0 Å². The van der Waals surface area contributed by atoms with Crippen LogP contribution in [0.3, 0.4) is 0 Å². The third-order valence-electron chi connectivity index (χ3n) is 2.81. The van der Waals surface area contributed by atoms with Crippen molar-refractivity contribution < 1.29 is 15.0 Å². The molecule has 0 spiro atoms. The Morgan fingerprint density at radius 1 is 1.50 bits per heavy atom. The zero-order valence-electron chi connectivity index (χ0n) is 8.48. The largest absolute Gasteiger partial charge is 0.481 e. The second-order valence-corrected chi connectivity index (χ2v) is 3.84. The van der Waals surface area contributed by atoms with Crippen LogP contribution >= 0.6 is 0 Å². The molecule has 1 rings (SSSR count). The van der Waals surface area contributed by atoms with Gasteiger partial charge in [0.05, 0.1) is 6.42 Å². The first-order valence-corrected chi connectivity index (χ1v) is 5.30. The second-order valence-electron chi connectivity index (χ2n) is 3.84. The third-order valence-corrected chi connectivity index (χ3v) is 2.81. The van der Waals surface area contributed by atoms with Crippen LogP contribution in [0.5, 0.6) is 0 Å². The van der Waals surface area contributed by atoms with E-state index in [0.717, 1.165) is 32.2 Å². The van der Waals surface area contributed by atoms with Gasteiger partial charge in [-0.15, -0.1) is 0 Å². The summed E-state index contributed by atoms with van der Waals surface area (Å²) in [7, 11) is 0. The molecule has 2 N–H and O–H groups in total. The fourth-order valence-electron chi connectivity index (χ4n) is 2.08. The summed E-state index contributed by atoms with van der Waals surface area (Å²) in [6.45, 7) is 1.91. The Bertz CT molecular complexity index is 184. The molecule has 1 unspecified atom stereocenters. The van der Waals surface area contributed by atoms with E-state index < -0.39 is 5.97 Å². The molecule has 1 saturated heterocycles. The maximum atomic E-state index is 10.4. The molecule has 82 valence electrons. The van der Waals surface area contributed by atoms with Gasteiger partial charge in [-0.2, -0.15) is 0 Å². The summed E-state index contributed by atoms with van der Waals surface area (Å²) < 4.78 is 0. The highest BCUT2D eigenvalue weighted by Gasteiger charge is 2.23. The number of hydrogen-bond acceptors (Lipinski definition) is 3. The number of aliphatic carboxylic acids is 1. The van der Waals surface area contributed by atoms with E-state index in [0.29, 0.717) is 12.6 Å². The number of aliphatic hydroxyl groups is 1. The minimum atomic E-state index is -0.724. The van der Waals surface area contributed by atoms with Gasteiger partial charge in [-0.05, 0) is 32.2 Å². The predicted molar refractivity (Wildman–Crippen MR) is 53.2 cm³/mol. The summed E-state index contributed by atoms with van der Waals surface area (Å²) in [5, 5.41) is 17.3. The molecular weight excluding hydrogens is 182 g/mol. The van der Waals surface area contributed by atoms with Crippen molar-refractivity contribution in [1.29, 1.82) is 0 Å². The minimum absolute atomic E-state index is 0.232. The Kier molecular flexibility index (Phi) is 4.90. The van der Waals surface area contributed by atoms with Gasteiger partial charge in [0.15, 0.2) is 0 Å². The SMILES string of the molecule is O=C(O)CCN1CCCC1CCCO. The molecule has 1 atom stereocenters. The number of carbonyl (C=O) groups is 1. The van der Waals surface area contributed by atoms with Gasteiger partial charge >= 0.3 is 5.97 Å². The van der Waals surface area contributed by atoms with E-state index in [1.165, 1.54) is 0 Å². The summed E-state index contributed by atoms with van der Waals surface area (Å²) in [5.74, 6) is -0.724. The standard InChI is InChI=1S/C10H19NO3/c12-8-2-4-9-3-1-6-11(9)7-5-10(13)14/h9,12H,1-8H2,(H,13,14). The van der Waals surface area contributed by atoms with Crippen LogP contribution in [0.2, 0.25) is 0 Å². The van der Waals surface area contributed by atoms with Gasteiger partial charge in [-0.3, -0.25) is 9.69 Å². The van der Waals surface area contributed by atoms with Gasteiger partial charge in [0.1, 0.15) is 0 Å². The molecule has 0 aromatic carbocycles. The number of rotatable bonds is 6. The second kappa shape index (κ2) is 5.98. The normalized spacial score (nSPS) is 22.8. The molecular formula is C10H19NO3. The van der Waals surface area contributed by atoms with Crippen LogP contribution in [-0.4, -0.2) is 46.8 Å². The van der Waals surface area contributed by atoms with Crippen LogP contribution in [0.25, 0.3) is 0 Å². The van der Waals surface area contributed by atoms with Crippen molar-refractivity contribution in [3.8, 4) is 0 Å². The first-order valence-electron chi connectivity index (χ1n) is 5.30. The predicted octanol–water partition coefficient (Wildman–Crippen LogP) is 0.698. The molecule has 1 aliphatic heterocycles. The summed E-state index contributed by atoms with van der Waals surface area (Å²) >= 11 is 0. The number of likely N-dealkylation sites (tertiary alicyclic amines) is 1. The summed E-state index contributed by atoms with van der Waals surface area (Å²) in [6.07, 6.45) is 4.37. The smallest absolute Gasteiger partial charge is 0.304 e. The zero-order chi connectivity index (χ0) is 10.4. The molecule has 4 heteroatoms. The molecule has 0 saturated carbocycles. The number of carboxylic acids is 1. The van der Waals surface area contributed by atoms with E-state index in [1.54, 1.807) is 0 Å². The summed E-state index contributed by atoms with van der Waals surface area (Å²) in [4.78, 5) is 12.6. The molecule has 0 aromatic heterocycles. The maximum absolute atomic E-state index is 10.4. The monoisotopic (exact) mass is 201 g/mol. The zero-order valence-corrected chi connectivity index (χ0v) is 8.48. The molecule has 1 fully saturated rings. The average molecular weight is 201 g/mol. The summed E-state index contributed by atoms with van der Waals surface area (Å²) in [5.41, 5.74) is 0. The molecule has 1 heterocycles. The Hall–Kier alpha value is -0.610. The Morgan fingerprint density at radius 2 is 2.29 bits per heavy atom. The fourth-order valence-corrected chi connectivity index (χ4v) is 2.08. The van der Waals surface area contributed by atoms with E-state index in [4.69, 9.17) is 10.2 Å². The molecule has 0 aromatic rings. The number of hydrogen-bond donors (Lipinski definition) is 2. The first kappa shape index (κ1) is 11.5. The van der Waals surface area contributed by atoms with Gasteiger partial charge in [0.2, 0.25) is 0 Å². The van der Waals surface area contributed by atoms with Crippen LogP contribution in [0.4, 0.5) is 0 Å². The lowest BCUT2D eigenvalue weighted by Gasteiger charge is -2.23. The van der Waals surface area contributed by atoms with E-state index in [1.807, 2.05) is 0 Å².